The highest BCUT2D eigenvalue weighted by atomic mass is 16.4. The third-order valence-electron chi connectivity index (χ3n) is 5.13. The van der Waals surface area contributed by atoms with E-state index in [2.05, 4.69) is 5.32 Å². The molecule has 0 spiro atoms. The first-order valence-corrected chi connectivity index (χ1v) is 8.52. The van der Waals surface area contributed by atoms with E-state index >= 15 is 0 Å². The molecule has 1 N–H and O–H groups in total. The lowest BCUT2D eigenvalue weighted by Crippen LogP contribution is -2.40. The summed E-state index contributed by atoms with van der Waals surface area (Å²) in [6.45, 7) is 5.35. The number of urea groups is 1. The van der Waals surface area contributed by atoms with Crippen molar-refractivity contribution in [3.05, 3.63) is 69.5 Å². The van der Waals surface area contributed by atoms with Crippen LogP contribution in [0.1, 0.15) is 29.4 Å². The Balaban J connectivity index is 1.77. The van der Waals surface area contributed by atoms with Gasteiger partial charge in [0.2, 0.25) is 0 Å². The van der Waals surface area contributed by atoms with E-state index in [-0.39, 0.29) is 6.54 Å². The summed E-state index contributed by atoms with van der Waals surface area (Å²) in [6, 6.07) is 7.83. The molecule has 1 aliphatic rings. The largest absolute Gasteiger partial charge is 0.466 e. The van der Waals surface area contributed by atoms with Crippen LogP contribution in [0.25, 0.3) is 11.0 Å². The van der Waals surface area contributed by atoms with E-state index in [0.717, 1.165) is 16.0 Å². The highest BCUT2D eigenvalue weighted by Gasteiger charge is 2.51. The molecule has 0 radical (unpaired) electrons. The standard InChI is InChI=1S/C20H18N2O5/c1-11-6-7-14-13(9-16(23)27-17(14)12(11)2)10-22-18(24)20(3,21-19(22)25)15-5-4-8-26-15/h4-9H,10H2,1-3H3,(H,21,25). The molecule has 7 nitrogen and oxygen atoms in total. The van der Waals surface area contributed by atoms with Gasteiger partial charge in [-0.3, -0.25) is 9.69 Å². The first-order chi connectivity index (χ1) is 12.8. The monoisotopic (exact) mass is 366 g/mol. The van der Waals surface area contributed by atoms with Crippen molar-refractivity contribution in [1.82, 2.24) is 10.2 Å². The Kier molecular flexibility index (Phi) is 3.69. The number of carbonyl (C=O) groups excluding carboxylic acids is 2. The summed E-state index contributed by atoms with van der Waals surface area (Å²) >= 11 is 0. The van der Waals surface area contributed by atoms with Crippen molar-refractivity contribution < 1.29 is 18.4 Å². The van der Waals surface area contributed by atoms with Crippen LogP contribution in [0.3, 0.4) is 0 Å². The second-order valence-corrected chi connectivity index (χ2v) is 6.90. The number of hydrogen-bond acceptors (Lipinski definition) is 5. The summed E-state index contributed by atoms with van der Waals surface area (Å²) in [7, 11) is 0. The van der Waals surface area contributed by atoms with Gasteiger partial charge in [0.15, 0.2) is 5.54 Å². The minimum atomic E-state index is -1.28. The molecule has 3 aromatic rings. The maximum atomic E-state index is 13.0. The fraction of sp³-hybridized carbons (Fsp3) is 0.250. The number of rotatable bonds is 3. The van der Waals surface area contributed by atoms with Gasteiger partial charge in [-0.2, -0.15) is 0 Å². The van der Waals surface area contributed by atoms with E-state index in [4.69, 9.17) is 8.83 Å². The molecular weight excluding hydrogens is 348 g/mol. The highest BCUT2D eigenvalue weighted by molar-refractivity contribution is 6.07. The number of furan rings is 1. The molecule has 1 aliphatic heterocycles. The summed E-state index contributed by atoms with van der Waals surface area (Å²) in [5, 5.41) is 3.38. The SMILES string of the molecule is Cc1ccc2c(CN3C(=O)NC(C)(c4ccco4)C3=O)cc(=O)oc2c1C. The quantitative estimate of drug-likeness (QED) is 0.568. The molecule has 2 aromatic heterocycles. The number of carbonyl (C=O) groups is 2. The van der Waals surface area contributed by atoms with Gasteiger partial charge < -0.3 is 14.2 Å². The van der Waals surface area contributed by atoms with E-state index < -0.39 is 23.1 Å². The van der Waals surface area contributed by atoms with Crippen molar-refractivity contribution >= 4 is 22.9 Å². The van der Waals surface area contributed by atoms with E-state index in [1.165, 1.54) is 12.3 Å². The Labute approximate surface area is 154 Å². The van der Waals surface area contributed by atoms with Crippen LogP contribution in [-0.4, -0.2) is 16.8 Å². The molecule has 4 rings (SSSR count). The van der Waals surface area contributed by atoms with Crippen LogP contribution in [0.5, 0.6) is 0 Å². The number of nitrogens with one attached hydrogen (secondary N) is 1. The van der Waals surface area contributed by atoms with Gasteiger partial charge in [0.25, 0.3) is 5.91 Å². The average Bonchev–Trinajstić information content (AvgIpc) is 3.23. The zero-order valence-corrected chi connectivity index (χ0v) is 15.2. The summed E-state index contributed by atoms with van der Waals surface area (Å²) < 4.78 is 10.7. The van der Waals surface area contributed by atoms with Gasteiger partial charge in [0, 0.05) is 11.5 Å². The Morgan fingerprint density at radius 3 is 2.63 bits per heavy atom. The van der Waals surface area contributed by atoms with Gasteiger partial charge in [0.1, 0.15) is 11.3 Å². The summed E-state index contributed by atoms with van der Waals surface area (Å²) in [6.07, 6.45) is 1.45. The molecule has 1 unspecified atom stereocenters. The van der Waals surface area contributed by atoms with Crippen LogP contribution in [0.15, 0.2) is 50.2 Å². The van der Waals surface area contributed by atoms with E-state index in [0.29, 0.717) is 22.3 Å². The zero-order chi connectivity index (χ0) is 19.3. The molecule has 1 aromatic carbocycles. The van der Waals surface area contributed by atoms with Crippen LogP contribution in [-0.2, 0) is 16.9 Å². The molecule has 0 bridgehead atoms. The molecular formula is C20H18N2O5. The van der Waals surface area contributed by atoms with Crippen molar-refractivity contribution in [2.75, 3.05) is 0 Å². The lowest BCUT2D eigenvalue weighted by atomic mass is 9.99. The van der Waals surface area contributed by atoms with Gasteiger partial charge in [-0.05, 0) is 49.6 Å². The number of fused-ring (bicyclic) bond motifs is 1. The van der Waals surface area contributed by atoms with Crippen molar-refractivity contribution in [3.8, 4) is 0 Å². The summed E-state index contributed by atoms with van der Waals surface area (Å²) in [4.78, 5) is 38.6. The maximum absolute atomic E-state index is 13.0. The fourth-order valence-electron chi connectivity index (χ4n) is 3.40. The minimum Gasteiger partial charge on any atom is -0.466 e. The molecule has 1 atom stereocenters. The van der Waals surface area contributed by atoms with E-state index in [1.807, 2.05) is 26.0 Å². The molecule has 1 fully saturated rings. The van der Waals surface area contributed by atoms with Crippen molar-refractivity contribution in [2.45, 2.75) is 32.9 Å². The van der Waals surface area contributed by atoms with Crippen LogP contribution in [0.2, 0.25) is 0 Å². The lowest BCUT2D eigenvalue weighted by Gasteiger charge is -2.19. The molecule has 7 heteroatoms. The molecule has 138 valence electrons. The fourth-order valence-corrected chi connectivity index (χ4v) is 3.40. The van der Waals surface area contributed by atoms with Gasteiger partial charge in [0.05, 0.1) is 12.8 Å². The molecule has 3 amide bonds. The number of benzene rings is 1. The number of aryl methyl sites for hydroxylation is 2. The normalized spacial score (nSPS) is 19.7. The third kappa shape index (κ3) is 2.54. The number of nitrogens with zero attached hydrogens (tertiary/aromatic N) is 1. The van der Waals surface area contributed by atoms with E-state index in [1.54, 1.807) is 19.1 Å². The summed E-state index contributed by atoms with van der Waals surface area (Å²) in [5.74, 6) is -0.0834. The lowest BCUT2D eigenvalue weighted by molar-refractivity contribution is -0.132. The van der Waals surface area contributed by atoms with Crippen LogP contribution in [0.4, 0.5) is 4.79 Å². The van der Waals surface area contributed by atoms with Crippen molar-refractivity contribution in [2.24, 2.45) is 0 Å². The Bertz CT molecular complexity index is 1130. The second-order valence-electron chi connectivity index (χ2n) is 6.90. The van der Waals surface area contributed by atoms with E-state index in [9.17, 15) is 14.4 Å². The van der Waals surface area contributed by atoms with Gasteiger partial charge in [-0.1, -0.05) is 12.1 Å². The van der Waals surface area contributed by atoms with Crippen molar-refractivity contribution in [1.29, 1.82) is 0 Å². The smallest absolute Gasteiger partial charge is 0.336 e. The van der Waals surface area contributed by atoms with Crippen LogP contribution in [0, 0.1) is 13.8 Å². The minimum absolute atomic E-state index is 0.0361. The van der Waals surface area contributed by atoms with Gasteiger partial charge >= 0.3 is 11.7 Å². The molecule has 0 aliphatic carbocycles. The highest BCUT2D eigenvalue weighted by Crippen LogP contribution is 2.31. The van der Waals surface area contributed by atoms with Crippen molar-refractivity contribution in [3.63, 3.8) is 0 Å². The first kappa shape index (κ1) is 17.1. The Morgan fingerprint density at radius 1 is 1.15 bits per heavy atom. The zero-order valence-electron chi connectivity index (χ0n) is 15.2. The predicted molar refractivity (Wildman–Crippen MR) is 97.1 cm³/mol. The topological polar surface area (TPSA) is 92.8 Å². The van der Waals surface area contributed by atoms with Crippen LogP contribution < -0.4 is 10.9 Å². The summed E-state index contributed by atoms with van der Waals surface area (Å²) in [5.41, 5.74) is 1.07. The Morgan fingerprint density at radius 2 is 1.93 bits per heavy atom. The molecule has 1 saturated heterocycles. The van der Waals surface area contributed by atoms with Gasteiger partial charge in [-0.15, -0.1) is 0 Å². The molecule has 3 heterocycles. The van der Waals surface area contributed by atoms with Crippen LogP contribution >= 0.6 is 0 Å². The maximum Gasteiger partial charge on any atom is 0.336 e. The predicted octanol–water partition coefficient (Wildman–Crippen LogP) is 2.97. The third-order valence-corrected chi connectivity index (χ3v) is 5.13. The number of imide groups is 1. The number of hydrogen-bond donors (Lipinski definition) is 1. The van der Waals surface area contributed by atoms with Gasteiger partial charge in [-0.25, -0.2) is 9.59 Å². The Hall–Kier alpha value is -3.35. The second kappa shape index (κ2) is 5.84. The average molecular weight is 366 g/mol. The molecule has 27 heavy (non-hydrogen) atoms. The first-order valence-electron chi connectivity index (χ1n) is 8.52. The number of amides is 3. The molecule has 0 saturated carbocycles.